The van der Waals surface area contributed by atoms with Gasteiger partial charge in [0.25, 0.3) is 0 Å². The first kappa shape index (κ1) is 12.8. The van der Waals surface area contributed by atoms with E-state index in [-0.39, 0.29) is 0 Å². The smallest absolute Gasteiger partial charge is 0.134 e. The fourth-order valence-corrected chi connectivity index (χ4v) is 2.34. The number of rotatable bonds is 3. The SMILES string of the molecule is Nc1c(Cl)ccc2c(NCc3ccccc3)nccc12. The molecule has 0 atom stereocenters. The lowest BCUT2D eigenvalue weighted by Gasteiger charge is -2.10. The molecule has 0 saturated heterocycles. The molecule has 0 aliphatic carbocycles. The molecular weight excluding hydrogens is 270 g/mol. The van der Waals surface area contributed by atoms with Crippen molar-refractivity contribution in [1.82, 2.24) is 4.98 Å². The number of fused-ring (bicyclic) bond motifs is 1. The minimum Gasteiger partial charge on any atom is -0.397 e. The van der Waals surface area contributed by atoms with Gasteiger partial charge in [0.2, 0.25) is 0 Å². The van der Waals surface area contributed by atoms with E-state index < -0.39 is 0 Å². The van der Waals surface area contributed by atoms with Crippen molar-refractivity contribution in [3.63, 3.8) is 0 Å². The summed E-state index contributed by atoms with van der Waals surface area (Å²) >= 11 is 6.05. The van der Waals surface area contributed by atoms with Crippen LogP contribution in [-0.2, 0) is 6.54 Å². The second-order valence-electron chi connectivity index (χ2n) is 4.55. The average molecular weight is 284 g/mol. The monoisotopic (exact) mass is 283 g/mol. The van der Waals surface area contributed by atoms with Gasteiger partial charge in [-0.15, -0.1) is 0 Å². The Kier molecular flexibility index (Phi) is 3.44. The van der Waals surface area contributed by atoms with Crippen LogP contribution in [0.1, 0.15) is 5.56 Å². The lowest BCUT2D eigenvalue weighted by Crippen LogP contribution is -2.02. The van der Waals surface area contributed by atoms with E-state index in [4.69, 9.17) is 17.3 Å². The lowest BCUT2D eigenvalue weighted by molar-refractivity contribution is 1.12. The number of aromatic nitrogens is 1. The molecule has 0 aliphatic heterocycles. The van der Waals surface area contributed by atoms with Gasteiger partial charge in [0.05, 0.1) is 10.7 Å². The first-order chi connectivity index (χ1) is 9.75. The number of nitrogens with two attached hydrogens (primary N) is 1. The van der Waals surface area contributed by atoms with Crippen molar-refractivity contribution in [2.75, 3.05) is 11.1 Å². The van der Waals surface area contributed by atoms with E-state index in [1.165, 1.54) is 5.56 Å². The summed E-state index contributed by atoms with van der Waals surface area (Å²) in [5, 5.41) is 5.80. The van der Waals surface area contributed by atoms with Gasteiger partial charge < -0.3 is 11.1 Å². The third-order valence-electron chi connectivity index (χ3n) is 3.24. The van der Waals surface area contributed by atoms with Crippen LogP contribution in [-0.4, -0.2) is 4.98 Å². The Morgan fingerprint density at radius 3 is 2.60 bits per heavy atom. The quantitative estimate of drug-likeness (QED) is 0.712. The molecule has 4 heteroatoms. The minimum absolute atomic E-state index is 0.567. The van der Waals surface area contributed by atoms with Crippen molar-refractivity contribution in [2.45, 2.75) is 6.54 Å². The van der Waals surface area contributed by atoms with Crippen LogP contribution in [0.5, 0.6) is 0 Å². The molecule has 0 aliphatic rings. The molecule has 1 aromatic heterocycles. The van der Waals surface area contributed by atoms with Gasteiger partial charge in [-0.25, -0.2) is 4.98 Å². The number of anilines is 2. The highest BCUT2D eigenvalue weighted by Crippen LogP contribution is 2.31. The van der Waals surface area contributed by atoms with Crippen molar-refractivity contribution in [2.24, 2.45) is 0 Å². The Hall–Kier alpha value is -2.26. The second kappa shape index (κ2) is 5.39. The van der Waals surface area contributed by atoms with Crippen LogP contribution in [0.3, 0.4) is 0 Å². The zero-order valence-electron chi connectivity index (χ0n) is 10.8. The van der Waals surface area contributed by atoms with Gasteiger partial charge in [-0.05, 0) is 23.8 Å². The summed E-state index contributed by atoms with van der Waals surface area (Å²) in [5.41, 5.74) is 7.80. The minimum atomic E-state index is 0.567. The topological polar surface area (TPSA) is 50.9 Å². The number of hydrogen-bond acceptors (Lipinski definition) is 3. The lowest BCUT2D eigenvalue weighted by atomic mass is 10.1. The number of benzene rings is 2. The van der Waals surface area contributed by atoms with Crippen molar-refractivity contribution >= 4 is 33.9 Å². The van der Waals surface area contributed by atoms with Gasteiger partial charge in [-0.3, -0.25) is 0 Å². The molecule has 3 rings (SSSR count). The Labute approximate surface area is 122 Å². The third-order valence-corrected chi connectivity index (χ3v) is 3.57. The molecule has 3 aromatic rings. The van der Waals surface area contributed by atoms with E-state index in [1.807, 2.05) is 30.3 Å². The van der Waals surface area contributed by atoms with E-state index in [1.54, 1.807) is 12.3 Å². The van der Waals surface area contributed by atoms with E-state index in [2.05, 4.69) is 22.4 Å². The maximum Gasteiger partial charge on any atom is 0.134 e. The summed E-state index contributed by atoms with van der Waals surface area (Å²) in [7, 11) is 0. The molecule has 0 saturated carbocycles. The maximum atomic E-state index is 6.05. The van der Waals surface area contributed by atoms with E-state index in [0.717, 1.165) is 23.1 Å². The highest BCUT2D eigenvalue weighted by atomic mass is 35.5. The molecule has 0 amide bonds. The van der Waals surface area contributed by atoms with Gasteiger partial charge >= 0.3 is 0 Å². The zero-order chi connectivity index (χ0) is 13.9. The highest BCUT2D eigenvalue weighted by molar-refractivity contribution is 6.34. The van der Waals surface area contributed by atoms with Gasteiger partial charge in [0.15, 0.2) is 0 Å². The van der Waals surface area contributed by atoms with Gasteiger partial charge in [0.1, 0.15) is 5.82 Å². The zero-order valence-corrected chi connectivity index (χ0v) is 11.6. The van der Waals surface area contributed by atoms with Crippen LogP contribution in [0.15, 0.2) is 54.7 Å². The summed E-state index contributed by atoms with van der Waals surface area (Å²) in [6.45, 7) is 0.718. The van der Waals surface area contributed by atoms with Gasteiger partial charge in [-0.1, -0.05) is 41.9 Å². The Morgan fingerprint density at radius 2 is 1.80 bits per heavy atom. The predicted molar refractivity (Wildman–Crippen MR) is 84.9 cm³/mol. The molecule has 1 heterocycles. The summed E-state index contributed by atoms with van der Waals surface area (Å²) in [4.78, 5) is 4.38. The molecule has 2 aromatic carbocycles. The van der Waals surface area contributed by atoms with Crippen LogP contribution >= 0.6 is 11.6 Å². The molecule has 0 fully saturated rings. The number of nitrogens with one attached hydrogen (secondary N) is 1. The van der Waals surface area contributed by atoms with E-state index in [9.17, 15) is 0 Å². The van der Waals surface area contributed by atoms with Crippen LogP contribution in [0.2, 0.25) is 5.02 Å². The summed E-state index contributed by atoms with van der Waals surface area (Å²) in [6, 6.07) is 15.8. The van der Waals surface area contributed by atoms with Crippen molar-refractivity contribution in [3.8, 4) is 0 Å². The first-order valence-corrected chi connectivity index (χ1v) is 6.74. The molecule has 3 N–H and O–H groups in total. The van der Waals surface area contributed by atoms with Gasteiger partial charge in [0, 0.05) is 23.5 Å². The molecular formula is C16H14ClN3. The second-order valence-corrected chi connectivity index (χ2v) is 4.96. The van der Waals surface area contributed by atoms with Crippen LogP contribution in [0, 0.1) is 0 Å². The molecule has 3 nitrogen and oxygen atoms in total. The fraction of sp³-hybridized carbons (Fsp3) is 0.0625. The molecule has 0 spiro atoms. The number of pyridine rings is 1. The molecule has 20 heavy (non-hydrogen) atoms. The molecule has 100 valence electrons. The van der Waals surface area contributed by atoms with E-state index in [0.29, 0.717) is 10.7 Å². The maximum absolute atomic E-state index is 6.05. The molecule has 0 bridgehead atoms. The number of hydrogen-bond donors (Lipinski definition) is 2. The normalized spacial score (nSPS) is 10.7. The third kappa shape index (κ3) is 2.40. The molecule has 0 unspecified atom stereocenters. The van der Waals surface area contributed by atoms with E-state index >= 15 is 0 Å². The van der Waals surface area contributed by atoms with Crippen LogP contribution < -0.4 is 11.1 Å². The number of nitrogens with zero attached hydrogens (tertiary/aromatic N) is 1. The molecule has 0 radical (unpaired) electrons. The predicted octanol–water partition coefficient (Wildman–Crippen LogP) is 4.08. The Balaban J connectivity index is 1.94. The average Bonchev–Trinajstić information content (AvgIpc) is 2.50. The largest absolute Gasteiger partial charge is 0.397 e. The fourth-order valence-electron chi connectivity index (χ4n) is 2.17. The Bertz CT molecular complexity index is 741. The van der Waals surface area contributed by atoms with Crippen LogP contribution in [0.4, 0.5) is 11.5 Å². The van der Waals surface area contributed by atoms with Gasteiger partial charge in [-0.2, -0.15) is 0 Å². The summed E-state index contributed by atoms with van der Waals surface area (Å²) in [6.07, 6.45) is 1.74. The number of halogens is 1. The van der Waals surface area contributed by atoms with Crippen molar-refractivity contribution in [1.29, 1.82) is 0 Å². The van der Waals surface area contributed by atoms with Crippen molar-refractivity contribution < 1.29 is 0 Å². The summed E-state index contributed by atoms with van der Waals surface area (Å²) < 4.78 is 0. The van der Waals surface area contributed by atoms with Crippen molar-refractivity contribution in [3.05, 3.63) is 65.3 Å². The summed E-state index contributed by atoms with van der Waals surface area (Å²) in [5.74, 6) is 0.815. The standard InChI is InChI=1S/C16H14ClN3/c17-14-7-6-13-12(15(14)18)8-9-19-16(13)20-10-11-4-2-1-3-5-11/h1-9H,10,18H2,(H,19,20). The highest BCUT2D eigenvalue weighted by Gasteiger charge is 2.07. The number of nitrogen functional groups attached to an aromatic ring is 1. The Morgan fingerprint density at radius 1 is 1.00 bits per heavy atom. The first-order valence-electron chi connectivity index (χ1n) is 6.36. The van der Waals surface area contributed by atoms with Crippen LogP contribution in [0.25, 0.3) is 10.8 Å².